The minimum Gasteiger partial charge on any atom is -0.478 e. The minimum absolute atomic E-state index is 0.0261. The molecule has 2 N–H and O–H groups in total. The van der Waals surface area contributed by atoms with E-state index < -0.39 is 28.4 Å². The van der Waals surface area contributed by atoms with Crippen molar-refractivity contribution >= 4 is 38.2 Å². The van der Waals surface area contributed by atoms with E-state index in [0.29, 0.717) is 12.0 Å². The third kappa shape index (κ3) is 4.09. The van der Waals surface area contributed by atoms with Crippen LogP contribution >= 0.6 is 11.3 Å². The van der Waals surface area contributed by atoms with Crippen LogP contribution in [0.25, 0.3) is 0 Å². The predicted molar refractivity (Wildman–Crippen MR) is 98.1 cm³/mol. The van der Waals surface area contributed by atoms with Crippen LogP contribution < -0.4 is 5.32 Å². The molecular formula is C16H19N3O5S2. The van der Waals surface area contributed by atoms with Crippen LogP contribution in [0.15, 0.2) is 29.4 Å². The molecule has 0 fully saturated rings. The number of aromatic carboxylic acids is 1. The third-order valence-electron chi connectivity index (χ3n) is 3.74. The van der Waals surface area contributed by atoms with Gasteiger partial charge in [-0.15, -0.1) is 11.3 Å². The summed E-state index contributed by atoms with van der Waals surface area (Å²) in [4.78, 5) is 28.3. The van der Waals surface area contributed by atoms with Crippen LogP contribution in [0.5, 0.6) is 0 Å². The zero-order valence-electron chi connectivity index (χ0n) is 14.5. The van der Waals surface area contributed by atoms with E-state index in [4.69, 9.17) is 0 Å². The second kappa shape index (κ2) is 7.94. The second-order valence-corrected chi connectivity index (χ2v) is 8.77. The number of rotatable bonds is 7. The largest absolute Gasteiger partial charge is 0.478 e. The van der Waals surface area contributed by atoms with Crippen LogP contribution in [-0.2, 0) is 21.2 Å². The molecule has 0 aliphatic rings. The Kier molecular flexibility index (Phi) is 6.11. The van der Waals surface area contributed by atoms with Gasteiger partial charge in [0.1, 0.15) is 9.90 Å². The average molecular weight is 397 g/mol. The Bertz CT molecular complexity index is 923. The Hall–Kier alpha value is -2.30. The maximum atomic E-state index is 12.4. The Morgan fingerprint density at radius 1 is 1.38 bits per heavy atom. The molecule has 0 aliphatic heterocycles. The number of nitrogens with one attached hydrogen (secondary N) is 1. The van der Waals surface area contributed by atoms with Crippen molar-refractivity contribution in [1.29, 1.82) is 0 Å². The summed E-state index contributed by atoms with van der Waals surface area (Å²) in [6, 6.07) is 2.87. The molecule has 2 rings (SSSR count). The highest BCUT2D eigenvalue weighted by Gasteiger charge is 2.25. The maximum Gasteiger partial charge on any atom is 0.339 e. The van der Waals surface area contributed by atoms with Gasteiger partial charge in [0.25, 0.3) is 0 Å². The summed E-state index contributed by atoms with van der Waals surface area (Å²) in [5, 5.41) is 12.1. The van der Waals surface area contributed by atoms with Crippen molar-refractivity contribution in [3.05, 3.63) is 40.5 Å². The fourth-order valence-corrected chi connectivity index (χ4v) is 4.70. The number of thiophene rings is 1. The zero-order chi connectivity index (χ0) is 19.5. The molecule has 10 heteroatoms. The highest BCUT2D eigenvalue weighted by atomic mass is 32.2. The maximum absolute atomic E-state index is 12.4. The number of carboxylic acid groups (broad SMARTS) is 1. The van der Waals surface area contributed by atoms with Gasteiger partial charge in [-0.1, -0.05) is 6.92 Å². The molecule has 0 aliphatic carbocycles. The van der Waals surface area contributed by atoms with Gasteiger partial charge in [-0.05, 0) is 31.0 Å². The van der Waals surface area contributed by atoms with E-state index in [1.165, 1.54) is 31.6 Å². The molecule has 140 valence electrons. The molecule has 0 unspecified atom stereocenters. The molecule has 0 bridgehead atoms. The van der Waals surface area contributed by atoms with Gasteiger partial charge in [0.2, 0.25) is 15.9 Å². The van der Waals surface area contributed by atoms with E-state index in [1.807, 2.05) is 6.92 Å². The standard InChI is InChI=1S/C16H19N3O5S2/c1-4-12-10(2)25-15(14(12)16(21)22)18-13(20)9-19(3)26(23,24)11-6-5-7-17-8-11/h5-8H,4,9H2,1-3H3,(H,18,20)(H,21,22). The van der Waals surface area contributed by atoms with Crippen LogP contribution in [0.4, 0.5) is 5.00 Å². The molecule has 2 aromatic rings. The van der Waals surface area contributed by atoms with E-state index in [9.17, 15) is 23.1 Å². The molecule has 2 aromatic heterocycles. The topological polar surface area (TPSA) is 117 Å². The minimum atomic E-state index is -3.86. The highest BCUT2D eigenvalue weighted by molar-refractivity contribution is 7.89. The van der Waals surface area contributed by atoms with Gasteiger partial charge in [0, 0.05) is 24.3 Å². The van der Waals surface area contributed by atoms with Gasteiger partial charge < -0.3 is 10.4 Å². The van der Waals surface area contributed by atoms with Crippen LogP contribution in [0.1, 0.15) is 27.7 Å². The van der Waals surface area contributed by atoms with Crippen molar-refractivity contribution in [2.45, 2.75) is 25.2 Å². The molecule has 8 nitrogen and oxygen atoms in total. The lowest BCUT2D eigenvalue weighted by Crippen LogP contribution is -2.35. The summed E-state index contributed by atoms with van der Waals surface area (Å²) in [5.74, 6) is -1.75. The number of aryl methyl sites for hydroxylation is 1. The number of amides is 1. The number of sulfonamides is 1. The summed E-state index contributed by atoms with van der Waals surface area (Å²) in [5.41, 5.74) is 0.718. The summed E-state index contributed by atoms with van der Waals surface area (Å²) < 4.78 is 25.7. The zero-order valence-corrected chi connectivity index (χ0v) is 16.1. The van der Waals surface area contributed by atoms with Crippen molar-refractivity contribution in [3.63, 3.8) is 0 Å². The van der Waals surface area contributed by atoms with Crippen LogP contribution in [-0.4, -0.2) is 48.3 Å². The Labute approximate surface area is 155 Å². The first-order valence-electron chi connectivity index (χ1n) is 7.70. The summed E-state index contributed by atoms with van der Waals surface area (Å²) in [6.45, 7) is 3.17. The van der Waals surface area contributed by atoms with E-state index in [0.717, 1.165) is 20.5 Å². The molecular weight excluding hydrogens is 378 g/mol. The number of pyridine rings is 1. The fourth-order valence-electron chi connectivity index (χ4n) is 2.45. The van der Waals surface area contributed by atoms with Crippen LogP contribution in [0.2, 0.25) is 0 Å². The summed E-state index contributed by atoms with van der Waals surface area (Å²) in [7, 11) is -2.59. The molecule has 0 aromatic carbocycles. The van der Waals surface area contributed by atoms with Gasteiger partial charge in [-0.25, -0.2) is 13.2 Å². The summed E-state index contributed by atoms with van der Waals surface area (Å²) >= 11 is 1.16. The van der Waals surface area contributed by atoms with Gasteiger partial charge in [0.05, 0.1) is 12.1 Å². The number of hydrogen-bond acceptors (Lipinski definition) is 6. The number of hydrogen-bond donors (Lipinski definition) is 2. The SMILES string of the molecule is CCc1c(C)sc(NC(=O)CN(C)S(=O)(=O)c2cccnc2)c1C(=O)O. The van der Waals surface area contributed by atoms with Crippen molar-refractivity contribution in [3.8, 4) is 0 Å². The number of anilines is 1. The van der Waals surface area contributed by atoms with Gasteiger partial charge in [-0.3, -0.25) is 9.78 Å². The monoisotopic (exact) mass is 397 g/mol. The fraction of sp³-hybridized carbons (Fsp3) is 0.312. The van der Waals surface area contributed by atoms with Crippen LogP contribution in [0, 0.1) is 6.92 Å². The lowest BCUT2D eigenvalue weighted by Gasteiger charge is -2.16. The van der Waals surface area contributed by atoms with Crippen LogP contribution in [0.3, 0.4) is 0 Å². The Balaban J connectivity index is 2.18. The molecule has 26 heavy (non-hydrogen) atoms. The summed E-state index contributed by atoms with van der Waals surface area (Å²) in [6.07, 6.45) is 3.17. The van der Waals surface area contributed by atoms with E-state index >= 15 is 0 Å². The van der Waals surface area contributed by atoms with E-state index in [1.54, 1.807) is 6.92 Å². The normalized spacial score (nSPS) is 11.5. The Morgan fingerprint density at radius 3 is 2.62 bits per heavy atom. The molecule has 0 radical (unpaired) electrons. The lowest BCUT2D eigenvalue weighted by molar-refractivity contribution is -0.116. The van der Waals surface area contributed by atoms with Crippen molar-refractivity contribution in [1.82, 2.24) is 9.29 Å². The first kappa shape index (κ1) is 20.0. The highest BCUT2D eigenvalue weighted by Crippen LogP contribution is 2.33. The quantitative estimate of drug-likeness (QED) is 0.738. The van der Waals surface area contributed by atoms with Crippen molar-refractivity contribution < 1.29 is 23.1 Å². The number of carbonyl (C=O) groups is 2. The number of carbonyl (C=O) groups excluding carboxylic acids is 1. The van der Waals surface area contributed by atoms with Crippen molar-refractivity contribution in [2.75, 3.05) is 18.9 Å². The number of nitrogens with zero attached hydrogens (tertiary/aromatic N) is 2. The molecule has 1 amide bonds. The van der Waals surface area contributed by atoms with Gasteiger partial charge in [0.15, 0.2) is 0 Å². The van der Waals surface area contributed by atoms with Gasteiger partial charge >= 0.3 is 5.97 Å². The number of carboxylic acids is 1. The number of aromatic nitrogens is 1. The second-order valence-electron chi connectivity index (χ2n) is 5.50. The first-order valence-corrected chi connectivity index (χ1v) is 9.95. The molecule has 2 heterocycles. The molecule has 0 saturated heterocycles. The molecule has 0 atom stereocenters. The predicted octanol–water partition coefficient (Wildman–Crippen LogP) is 1.97. The lowest BCUT2D eigenvalue weighted by atomic mass is 10.1. The van der Waals surface area contributed by atoms with E-state index in [2.05, 4.69) is 10.3 Å². The average Bonchev–Trinajstić information content (AvgIpc) is 2.90. The van der Waals surface area contributed by atoms with Crippen molar-refractivity contribution in [2.24, 2.45) is 0 Å². The Morgan fingerprint density at radius 2 is 2.08 bits per heavy atom. The number of likely N-dealkylation sites (N-methyl/N-ethyl adjacent to an activating group) is 1. The first-order chi connectivity index (χ1) is 12.2. The molecule has 0 spiro atoms. The molecule has 0 saturated carbocycles. The van der Waals surface area contributed by atoms with E-state index in [-0.39, 0.29) is 15.5 Å². The third-order valence-corrected chi connectivity index (χ3v) is 6.59. The smallest absolute Gasteiger partial charge is 0.339 e. The van der Waals surface area contributed by atoms with Gasteiger partial charge in [-0.2, -0.15) is 4.31 Å².